The van der Waals surface area contributed by atoms with Crippen LogP contribution in [0.4, 0.5) is 0 Å². The Kier molecular flexibility index (Phi) is 5.86. The molecule has 0 radical (unpaired) electrons. The van der Waals surface area contributed by atoms with Gasteiger partial charge in [-0.25, -0.2) is 18.1 Å². The van der Waals surface area contributed by atoms with Crippen molar-refractivity contribution in [3.05, 3.63) is 71.5 Å². The van der Waals surface area contributed by atoms with E-state index in [1.165, 1.54) is 0 Å². The number of sulfonamides is 1. The fourth-order valence-electron chi connectivity index (χ4n) is 3.04. The Balaban J connectivity index is 1.84. The third kappa shape index (κ3) is 4.26. The molecule has 1 atom stereocenters. The maximum Gasteiger partial charge on any atom is 0.302 e. The van der Waals surface area contributed by atoms with Gasteiger partial charge in [0.15, 0.2) is 0 Å². The molecule has 3 aromatic rings. The predicted molar refractivity (Wildman–Crippen MR) is 109 cm³/mol. The van der Waals surface area contributed by atoms with Gasteiger partial charge >= 0.3 is 6.01 Å². The second-order valence-electron chi connectivity index (χ2n) is 6.73. The number of nitrogens with zero attached hydrogens (tertiary/aromatic N) is 2. The highest BCUT2D eigenvalue weighted by atomic mass is 32.2. The highest BCUT2D eigenvalue weighted by molar-refractivity contribution is 7.89. The predicted octanol–water partition coefficient (Wildman–Crippen LogP) is 4.35. The van der Waals surface area contributed by atoms with Crippen LogP contribution in [-0.2, 0) is 16.6 Å². The van der Waals surface area contributed by atoms with Crippen LogP contribution >= 0.6 is 0 Å². The van der Waals surface area contributed by atoms with Gasteiger partial charge in [-0.3, -0.25) is 4.57 Å². The molecule has 0 amide bonds. The Morgan fingerprint density at radius 1 is 1.11 bits per heavy atom. The normalized spacial score (nSPS) is 12.7. The zero-order valence-electron chi connectivity index (χ0n) is 16.5. The molecule has 0 aliphatic carbocycles. The molecule has 6 nitrogen and oxygen atoms in total. The molecule has 28 heavy (non-hydrogen) atoms. The van der Waals surface area contributed by atoms with Crippen LogP contribution in [-0.4, -0.2) is 18.0 Å². The molecule has 0 aliphatic heterocycles. The Morgan fingerprint density at radius 2 is 1.79 bits per heavy atom. The summed E-state index contributed by atoms with van der Waals surface area (Å²) in [6.07, 6.45) is 1.65. The number of aromatic nitrogens is 2. The van der Waals surface area contributed by atoms with E-state index in [2.05, 4.69) is 9.71 Å². The molecule has 0 saturated heterocycles. The number of hydrogen-bond donors (Lipinski definition) is 1. The zero-order chi connectivity index (χ0) is 20.3. The van der Waals surface area contributed by atoms with Crippen LogP contribution in [0.3, 0.4) is 0 Å². The van der Waals surface area contributed by atoms with E-state index in [0.717, 1.165) is 11.3 Å². The van der Waals surface area contributed by atoms with Crippen molar-refractivity contribution >= 4 is 10.0 Å². The first-order valence-electron chi connectivity index (χ1n) is 9.19. The Morgan fingerprint density at radius 3 is 2.43 bits per heavy atom. The minimum atomic E-state index is -3.65. The van der Waals surface area contributed by atoms with Gasteiger partial charge in [-0.05, 0) is 51.5 Å². The molecule has 0 bridgehead atoms. The van der Waals surface area contributed by atoms with Gasteiger partial charge < -0.3 is 4.74 Å². The first-order valence-corrected chi connectivity index (χ1v) is 10.7. The summed E-state index contributed by atoms with van der Waals surface area (Å²) in [5, 5.41) is 0. The summed E-state index contributed by atoms with van der Waals surface area (Å²) >= 11 is 0. The Bertz CT molecular complexity index is 1060. The first-order chi connectivity index (χ1) is 13.3. The van der Waals surface area contributed by atoms with E-state index in [-0.39, 0.29) is 4.90 Å². The van der Waals surface area contributed by atoms with E-state index in [1.54, 1.807) is 38.2 Å². The lowest BCUT2D eigenvalue weighted by atomic mass is 10.2. The molecular weight excluding hydrogens is 374 g/mol. The van der Waals surface area contributed by atoms with E-state index in [4.69, 9.17) is 4.74 Å². The summed E-state index contributed by atoms with van der Waals surface area (Å²) in [5.74, 6) is 0.686. The lowest BCUT2D eigenvalue weighted by Crippen LogP contribution is -2.28. The summed E-state index contributed by atoms with van der Waals surface area (Å²) in [5.41, 5.74) is 2.59. The fraction of sp³-hybridized carbons (Fsp3) is 0.286. The van der Waals surface area contributed by atoms with Crippen LogP contribution < -0.4 is 9.46 Å². The number of aryl methyl sites for hydroxylation is 2. The minimum Gasteiger partial charge on any atom is -0.426 e. The number of rotatable bonds is 7. The van der Waals surface area contributed by atoms with E-state index >= 15 is 0 Å². The smallest absolute Gasteiger partial charge is 0.302 e. The summed E-state index contributed by atoms with van der Waals surface area (Å²) < 4.78 is 36.1. The number of imidazole rings is 1. The summed E-state index contributed by atoms with van der Waals surface area (Å²) in [6, 6.07) is 14.6. The average molecular weight is 400 g/mol. The van der Waals surface area contributed by atoms with E-state index in [9.17, 15) is 8.42 Å². The van der Waals surface area contributed by atoms with Crippen LogP contribution in [0.5, 0.6) is 11.8 Å². The van der Waals surface area contributed by atoms with E-state index in [1.807, 2.05) is 48.7 Å². The Hall–Kier alpha value is -2.64. The lowest BCUT2D eigenvalue weighted by molar-refractivity contribution is 0.408. The fourth-order valence-corrected chi connectivity index (χ4v) is 4.51. The van der Waals surface area contributed by atoms with Crippen LogP contribution in [0, 0.1) is 13.8 Å². The molecule has 7 heteroatoms. The van der Waals surface area contributed by atoms with Crippen molar-refractivity contribution in [1.82, 2.24) is 14.3 Å². The van der Waals surface area contributed by atoms with Crippen molar-refractivity contribution in [2.24, 2.45) is 0 Å². The molecule has 148 valence electrons. The highest BCUT2D eigenvalue weighted by Gasteiger charge is 2.23. The molecule has 0 aliphatic rings. The maximum absolute atomic E-state index is 12.8. The average Bonchev–Trinajstić information content (AvgIpc) is 3.06. The molecule has 0 saturated carbocycles. The van der Waals surface area contributed by atoms with E-state index < -0.39 is 16.1 Å². The molecular formula is C21H25N3O3S. The van der Waals surface area contributed by atoms with Gasteiger partial charge in [-0.15, -0.1) is 0 Å². The molecule has 3 rings (SSSR count). The molecule has 1 N–H and O–H groups in total. The van der Waals surface area contributed by atoms with Gasteiger partial charge in [-0.1, -0.05) is 35.9 Å². The van der Waals surface area contributed by atoms with Crippen molar-refractivity contribution in [2.45, 2.75) is 45.2 Å². The van der Waals surface area contributed by atoms with Gasteiger partial charge in [0.25, 0.3) is 0 Å². The number of benzene rings is 2. The molecule has 1 aromatic heterocycles. The monoisotopic (exact) mass is 399 g/mol. The second-order valence-corrected chi connectivity index (χ2v) is 8.42. The molecule has 1 heterocycles. The summed E-state index contributed by atoms with van der Waals surface area (Å²) in [6.45, 7) is 8.16. The van der Waals surface area contributed by atoms with Crippen LogP contribution in [0.25, 0.3) is 0 Å². The van der Waals surface area contributed by atoms with Gasteiger partial charge in [0, 0.05) is 6.54 Å². The van der Waals surface area contributed by atoms with Crippen molar-refractivity contribution in [3.63, 3.8) is 0 Å². The summed E-state index contributed by atoms with van der Waals surface area (Å²) in [4.78, 5) is 4.63. The molecule has 2 aromatic carbocycles. The van der Waals surface area contributed by atoms with Crippen LogP contribution in [0.2, 0.25) is 0 Å². The SMILES string of the molecule is CCn1c(C(C)NS(=O)(=O)c2ccccc2C)cnc1Oc1ccc(C)cc1. The quantitative estimate of drug-likeness (QED) is 0.641. The van der Waals surface area contributed by atoms with Crippen molar-refractivity contribution < 1.29 is 13.2 Å². The third-order valence-electron chi connectivity index (χ3n) is 4.55. The standard InChI is InChI=1S/C21H25N3O3S/c1-5-24-19(14-22-21(24)27-18-12-10-15(2)11-13-18)17(4)23-28(25,26)20-9-7-6-8-16(20)3/h6-14,17,23H,5H2,1-4H3. The van der Waals surface area contributed by atoms with Crippen LogP contribution in [0.1, 0.15) is 36.7 Å². The topological polar surface area (TPSA) is 73.2 Å². The second kappa shape index (κ2) is 8.16. The Labute approximate surface area is 166 Å². The van der Waals surface area contributed by atoms with Gasteiger partial charge in [0.2, 0.25) is 10.0 Å². The number of ether oxygens (including phenoxy) is 1. The van der Waals surface area contributed by atoms with E-state index in [0.29, 0.717) is 23.9 Å². The van der Waals surface area contributed by atoms with Gasteiger partial charge in [-0.2, -0.15) is 0 Å². The van der Waals surface area contributed by atoms with Crippen molar-refractivity contribution in [3.8, 4) is 11.8 Å². The van der Waals surface area contributed by atoms with Gasteiger partial charge in [0.1, 0.15) is 5.75 Å². The van der Waals surface area contributed by atoms with Gasteiger partial charge in [0.05, 0.1) is 22.8 Å². The largest absolute Gasteiger partial charge is 0.426 e. The third-order valence-corrected chi connectivity index (χ3v) is 6.26. The van der Waals surface area contributed by atoms with Crippen LogP contribution in [0.15, 0.2) is 59.6 Å². The first kappa shape index (κ1) is 20.1. The number of hydrogen-bond acceptors (Lipinski definition) is 4. The van der Waals surface area contributed by atoms with Crippen molar-refractivity contribution in [2.75, 3.05) is 0 Å². The summed E-state index contributed by atoms with van der Waals surface area (Å²) in [7, 11) is -3.65. The molecule has 0 spiro atoms. The maximum atomic E-state index is 12.8. The highest BCUT2D eigenvalue weighted by Crippen LogP contribution is 2.26. The molecule has 1 unspecified atom stereocenters. The number of nitrogens with one attached hydrogen (secondary N) is 1. The lowest BCUT2D eigenvalue weighted by Gasteiger charge is -2.17. The van der Waals surface area contributed by atoms with Crippen molar-refractivity contribution in [1.29, 1.82) is 0 Å². The zero-order valence-corrected chi connectivity index (χ0v) is 17.3. The minimum absolute atomic E-state index is 0.278. The molecule has 0 fully saturated rings.